The highest BCUT2D eigenvalue weighted by Crippen LogP contribution is 2.50. The number of benzene rings is 3. The summed E-state index contributed by atoms with van der Waals surface area (Å²) in [5.41, 5.74) is 5.96. The van der Waals surface area contributed by atoms with Crippen molar-refractivity contribution in [2.45, 2.75) is 77.4 Å². The number of allylic oxidation sites excluding steroid dienone is 1. The number of ether oxygens (including phenoxy) is 3. The number of nitrogens with one attached hydrogen (secondary N) is 1. The van der Waals surface area contributed by atoms with Crippen LogP contribution >= 0.6 is 0 Å². The SMILES string of the molecule is COc1ccc(C2CC(=O)C3=C(C2)Nc2ccccc2N(C(=O)C2CCOCC2)C3c2ccc(N(C(C)C)C(C)C)cc2OC)cc1. The molecule has 1 fully saturated rings. The number of carbonyl (C=O) groups is 2. The van der Waals surface area contributed by atoms with Crippen LogP contribution in [-0.2, 0) is 14.3 Å². The van der Waals surface area contributed by atoms with Crippen LogP contribution in [0, 0.1) is 5.92 Å². The zero-order chi connectivity index (χ0) is 33.2. The molecule has 0 spiro atoms. The van der Waals surface area contributed by atoms with E-state index in [-0.39, 0.29) is 35.6 Å². The van der Waals surface area contributed by atoms with Crippen LogP contribution in [0.15, 0.2) is 78.0 Å². The van der Waals surface area contributed by atoms with Gasteiger partial charge in [-0.05, 0) is 88.8 Å². The molecule has 2 aliphatic heterocycles. The normalized spacial score (nSPS) is 20.0. The second-order valence-electron chi connectivity index (χ2n) is 13.4. The first kappa shape index (κ1) is 32.6. The number of carbonyl (C=O) groups excluding carboxylic acids is 2. The smallest absolute Gasteiger partial charge is 0.231 e. The minimum Gasteiger partial charge on any atom is -0.497 e. The Morgan fingerprint density at radius 3 is 2.28 bits per heavy atom. The van der Waals surface area contributed by atoms with Crippen LogP contribution in [0.5, 0.6) is 11.5 Å². The van der Waals surface area contributed by atoms with E-state index >= 15 is 0 Å². The number of Topliss-reactive ketones (excluding diaryl/α,β-unsaturated/α-hetero) is 1. The highest BCUT2D eigenvalue weighted by Gasteiger charge is 2.44. The third-order valence-electron chi connectivity index (χ3n) is 9.81. The van der Waals surface area contributed by atoms with Gasteiger partial charge in [0.1, 0.15) is 11.5 Å². The molecule has 1 aliphatic carbocycles. The minimum absolute atomic E-state index is 0.00324. The van der Waals surface area contributed by atoms with Gasteiger partial charge >= 0.3 is 0 Å². The number of hydrogen-bond acceptors (Lipinski definition) is 7. The van der Waals surface area contributed by atoms with Gasteiger partial charge in [-0.3, -0.25) is 14.5 Å². The lowest BCUT2D eigenvalue weighted by Crippen LogP contribution is -2.43. The number of ketones is 1. The summed E-state index contributed by atoms with van der Waals surface area (Å²) in [6.45, 7) is 9.81. The maximum atomic E-state index is 14.8. The van der Waals surface area contributed by atoms with Gasteiger partial charge < -0.3 is 24.4 Å². The number of para-hydroxylation sites is 2. The highest BCUT2D eigenvalue weighted by molar-refractivity contribution is 6.07. The van der Waals surface area contributed by atoms with Gasteiger partial charge in [-0.25, -0.2) is 0 Å². The largest absolute Gasteiger partial charge is 0.497 e. The second kappa shape index (κ2) is 13.8. The molecular weight excluding hydrogens is 590 g/mol. The summed E-state index contributed by atoms with van der Waals surface area (Å²) in [5, 5.41) is 3.67. The van der Waals surface area contributed by atoms with E-state index in [4.69, 9.17) is 14.2 Å². The Kier molecular flexibility index (Phi) is 9.60. The lowest BCUT2D eigenvalue weighted by atomic mass is 9.78. The highest BCUT2D eigenvalue weighted by atomic mass is 16.5. The summed E-state index contributed by atoms with van der Waals surface area (Å²) in [6.07, 6.45) is 2.26. The number of rotatable bonds is 8. The third kappa shape index (κ3) is 6.35. The quantitative estimate of drug-likeness (QED) is 0.272. The Morgan fingerprint density at radius 2 is 1.62 bits per heavy atom. The maximum Gasteiger partial charge on any atom is 0.231 e. The van der Waals surface area contributed by atoms with Crippen molar-refractivity contribution >= 4 is 28.8 Å². The second-order valence-corrected chi connectivity index (χ2v) is 13.4. The van der Waals surface area contributed by atoms with Crippen molar-refractivity contribution in [2.24, 2.45) is 5.92 Å². The average Bonchev–Trinajstić information content (AvgIpc) is 3.22. The molecule has 248 valence electrons. The van der Waals surface area contributed by atoms with Crippen molar-refractivity contribution in [1.29, 1.82) is 0 Å². The molecule has 3 aliphatic rings. The van der Waals surface area contributed by atoms with E-state index in [9.17, 15) is 9.59 Å². The molecule has 0 bridgehead atoms. The summed E-state index contributed by atoms with van der Waals surface area (Å²) in [7, 11) is 3.32. The monoisotopic (exact) mass is 637 g/mol. The summed E-state index contributed by atoms with van der Waals surface area (Å²) in [6, 6.07) is 22.0. The molecule has 8 nitrogen and oxygen atoms in total. The van der Waals surface area contributed by atoms with E-state index in [0.29, 0.717) is 50.2 Å². The van der Waals surface area contributed by atoms with Crippen LogP contribution in [0.4, 0.5) is 17.1 Å². The molecule has 1 amide bonds. The molecule has 2 atom stereocenters. The molecule has 47 heavy (non-hydrogen) atoms. The Labute approximate surface area is 278 Å². The van der Waals surface area contributed by atoms with Crippen molar-refractivity contribution in [1.82, 2.24) is 0 Å². The van der Waals surface area contributed by atoms with Gasteiger partial charge in [0.15, 0.2) is 5.78 Å². The van der Waals surface area contributed by atoms with Gasteiger partial charge in [0, 0.05) is 66.2 Å². The first-order valence-corrected chi connectivity index (χ1v) is 16.8. The van der Waals surface area contributed by atoms with Crippen LogP contribution < -0.4 is 24.6 Å². The number of amides is 1. The predicted octanol–water partition coefficient (Wildman–Crippen LogP) is 7.65. The van der Waals surface area contributed by atoms with Crippen LogP contribution in [0.2, 0.25) is 0 Å². The zero-order valence-corrected chi connectivity index (χ0v) is 28.4. The number of nitrogens with zero attached hydrogens (tertiary/aromatic N) is 2. The first-order chi connectivity index (χ1) is 22.7. The fourth-order valence-electron chi connectivity index (χ4n) is 7.66. The minimum atomic E-state index is -0.670. The summed E-state index contributed by atoms with van der Waals surface area (Å²) >= 11 is 0. The van der Waals surface area contributed by atoms with Gasteiger partial charge in [-0.15, -0.1) is 0 Å². The average molecular weight is 638 g/mol. The maximum absolute atomic E-state index is 14.8. The van der Waals surface area contributed by atoms with E-state index in [1.807, 2.05) is 53.4 Å². The third-order valence-corrected chi connectivity index (χ3v) is 9.81. The van der Waals surface area contributed by atoms with Gasteiger partial charge in [-0.2, -0.15) is 0 Å². The van der Waals surface area contributed by atoms with Gasteiger partial charge in [0.2, 0.25) is 5.91 Å². The Morgan fingerprint density at radius 1 is 0.915 bits per heavy atom. The molecule has 0 saturated carbocycles. The molecule has 8 heteroatoms. The summed E-state index contributed by atoms with van der Waals surface area (Å²) < 4.78 is 17.2. The lowest BCUT2D eigenvalue weighted by molar-refractivity contribution is -0.125. The van der Waals surface area contributed by atoms with Crippen LogP contribution in [-0.4, -0.2) is 51.2 Å². The summed E-state index contributed by atoms with van der Waals surface area (Å²) in [5.74, 6) is 1.24. The van der Waals surface area contributed by atoms with E-state index in [1.54, 1.807) is 14.2 Å². The standard InChI is InChI=1S/C39H47N3O5/c1-24(2)41(25(3)4)29-13-16-31(36(23-29)46-6)38-37-33(21-28(22-35(37)43)26-11-14-30(45-5)15-12-26)40-32-9-7-8-10-34(32)42(38)39(44)27-17-19-47-20-18-27/h7-16,23-25,27-28,38,40H,17-22H2,1-6H3. The van der Waals surface area contributed by atoms with Crippen molar-refractivity contribution in [3.63, 3.8) is 0 Å². The predicted molar refractivity (Wildman–Crippen MR) is 187 cm³/mol. The molecule has 2 heterocycles. The number of anilines is 3. The number of methoxy groups -OCH3 is 2. The van der Waals surface area contributed by atoms with Crippen LogP contribution in [0.25, 0.3) is 0 Å². The molecule has 2 unspecified atom stereocenters. The Balaban J connectivity index is 1.54. The van der Waals surface area contributed by atoms with Crippen molar-refractivity contribution < 1.29 is 23.8 Å². The molecule has 3 aromatic carbocycles. The molecule has 1 saturated heterocycles. The molecule has 0 radical (unpaired) electrons. The van der Waals surface area contributed by atoms with Gasteiger partial charge in [0.25, 0.3) is 0 Å². The molecular formula is C39H47N3O5. The molecule has 6 rings (SSSR count). The lowest BCUT2D eigenvalue weighted by Gasteiger charge is -2.38. The number of hydrogen-bond donors (Lipinski definition) is 1. The Bertz CT molecular complexity index is 1630. The van der Waals surface area contributed by atoms with Crippen LogP contribution in [0.3, 0.4) is 0 Å². The zero-order valence-electron chi connectivity index (χ0n) is 28.4. The van der Waals surface area contributed by atoms with Crippen molar-refractivity contribution in [3.05, 3.63) is 89.1 Å². The van der Waals surface area contributed by atoms with Crippen LogP contribution in [0.1, 0.15) is 76.5 Å². The van der Waals surface area contributed by atoms with Crippen molar-refractivity contribution in [3.8, 4) is 11.5 Å². The van der Waals surface area contributed by atoms with E-state index in [0.717, 1.165) is 39.6 Å². The van der Waals surface area contributed by atoms with E-state index in [1.165, 1.54) is 0 Å². The van der Waals surface area contributed by atoms with Crippen molar-refractivity contribution in [2.75, 3.05) is 42.5 Å². The van der Waals surface area contributed by atoms with E-state index < -0.39 is 6.04 Å². The summed E-state index contributed by atoms with van der Waals surface area (Å²) in [4.78, 5) is 33.6. The topological polar surface area (TPSA) is 80.3 Å². The molecule has 0 aromatic heterocycles. The fraction of sp³-hybridized carbons (Fsp3) is 0.436. The number of fused-ring (bicyclic) bond motifs is 1. The molecule has 3 aromatic rings. The van der Waals surface area contributed by atoms with E-state index in [2.05, 4.69) is 56.1 Å². The fourth-order valence-corrected chi connectivity index (χ4v) is 7.66. The Hall–Kier alpha value is -4.30. The van der Waals surface area contributed by atoms with Gasteiger partial charge in [-0.1, -0.05) is 30.3 Å². The van der Waals surface area contributed by atoms with Gasteiger partial charge in [0.05, 0.1) is 31.6 Å². The first-order valence-electron chi connectivity index (χ1n) is 16.8. The molecule has 1 N–H and O–H groups in total.